The Bertz CT molecular complexity index is 489. The van der Waals surface area contributed by atoms with E-state index in [0.717, 1.165) is 25.9 Å². The standard InChI is InChI=1S/C13H21N5O3/c1-9(10(19)20)14-11-15-12(17-13(16-11)21-2)18-7-5-3-4-6-8-18/h9H,3-8H2,1-2H3,(H,19,20)(H,14,15,16,17)/t9-/m0/s1. The van der Waals surface area contributed by atoms with Crippen LogP contribution in [0, 0.1) is 0 Å². The molecule has 0 unspecified atom stereocenters. The summed E-state index contributed by atoms with van der Waals surface area (Å²) in [6.45, 7) is 3.31. The predicted octanol–water partition coefficient (Wildman–Crippen LogP) is 1.15. The molecule has 1 aromatic rings. The molecule has 0 aliphatic carbocycles. The summed E-state index contributed by atoms with van der Waals surface area (Å²) >= 11 is 0. The third kappa shape index (κ3) is 4.17. The second-order valence-corrected chi connectivity index (χ2v) is 5.05. The number of rotatable bonds is 5. The van der Waals surface area contributed by atoms with E-state index >= 15 is 0 Å². The number of methoxy groups -OCH3 is 1. The van der Waals surface area contributed by atoms with Crippen molar-refractivity contribution >= 4 is 17.9 Å². The molecule has 1 atom stereocenters. The van der Waals surface area contributed by atoms with Crippen LogP contribution in [0.25, 0.3) is 0 Å². The van der Waals surface area contributed by atoms with Crippen molar-refractivity contribution in [3.8, 4) is 6.01 Å². The molecule has 0 spiro atoms. The van der Waals surface area contributed by atoms with Crippen molar-refractivity contribution in [2.45, 2.75) is 38.6 Å². The van der Waals surface area contributed by atoms with Gasteiger partial charge in [-0.2, -0.15) is 15.0 Å². The number of carboxylic acid groups (broad SMARTS) is 1. The van der Waals surface area contributed by atoms with Gasteiger partial charge < -0.3 is 20.1 Å². The molecule has 2 heterocycles. The second-order valence-electron chi connectivity index (χ2n) is 5.05. The van der Waals surface area contributed by atoms with Gasteiger partial charge in [0.25, 0.3) is 0 Å². The lowest BCUT2D eigenvalue weighted by Crippen LogP contribution is -2.29. The maximum atomic E-state index is 10.9. The summed E-state index contributed by atoms with van der Waals surface area (Å²) in [5, 5.41) is 11.7. The van der Waals surface area contributed by atoms with E-state index in [9.17, 15) is 4.79 Å². The number of nitrogens with one attached hydrogen (secondary N) is 1. The summed E-state index contributed by atoms with van der Waals surface area (Å²) in [4.78, 5) is 25.6. The normalized spacial score (nSPS) is 17.0. The molecule has 1 saturated heterocycles. The van der Waals surface area contributed by atoms with Crippen LogP contribution < -0.4 is 15.0 Å². The quantitative estimate of drug-likeness (QED) is 0.834. The van der Waals surface area contributed by atoms with Gasteiger partial charge in [-0.25, -0.2) is 0 Å². The fourth-order valence-electron chi connectivity index (χ4n) is 2.17. The first-order chi connectivity index (χ1) is 10.1. The Labute approximate surface area is 123 Å². The zero-order valence-electron chi connectivity index (χ0n) is 12.4. The fraction of sp³-hybridized carbons (Fsp3) is 0.692. The van der Waals surface area contributed by atoms with Gasteiger partial charge in [-0.1, -0.05) is 12.8 Å². The topological polar surface area (TPSA) is 100 Å². The summed E-state index contributed by atoms with van der Waals surface area (Å²) in [7, 11) is 1.48. The highest BCUT2D eigenvalue weighted by atomic mass is 16.5. The van der Waals surface area contributed by atoms with Crippen LogP contribution in [0.3, 0.4) is 0 Å². The van der Waals surface area contributed by atoms with Crippen LogP contribution >= 0.6 is 0 Å². The summed E-state index contributed by atoms with van der Waals surface area (Å²) in [6.07, 6.45) is 4.62. The maximum Gasteiger partial charge on any atom is 0.325 e. The van der Waals surface area contributed by atoms with Crippen LogP contribution in [0.5, 0.6) is 6.01 Å². The number of carboxylic acids is 1. The van der Waals surface area contributed by atoms with Crippen LogP contribution in [-0.2, 0) is 4.79 Å². The van der Waals surface area contributed by atoms with Gasteiger partial charge in [0.2, 0.25) is 11.9 Å². The number of ether oxygens (including phenoxy) is 1. The summed E-state index contributed by atoms with van der Waals surface area (Å²) < 4.78 is 5.08. The van der Waals surface area contributed by atoms with Gasteiger partial charge in [-0.3, -0.25) is 4.79 Å². The molecule has 21 heavy (non-hydrogen) atoms. The molecule has 1 aliphatic rings. The molecule has 1 aromatic heterocycles. The maximum absolute atomic E-state index is 10.9. The minimum absolute atomic E-state index is 0.185. The molecule has 1 aliphatic heterocycles. The van der Waals surface area contributed by atoms with Gasteiger partial charge >= 0.3 is 12.0 Å². The molecule has 0 amide bonds. The molecule has 0 radical (unpaired) electrons. The zero-order valence-corrected chi connectivity index (χ0v) is 12.4. The fourth-order valence-corrected chi connectivity index (χ4v) is 2.17. The highest BCUT2D eigenvalue weighted by Gasteiger charge is 2.18. The van der Waals surface area contributed by atoms with Crippen molar-refractivity contribution < 1.29 is 14.6 Å². The first kappa shape index (κ1) is 15.3. The van der Waals surface area contributed by atoms with Crippen molar-refractivity contribution in [2.24, 2.45) is 0 Å². The Morgan fingerprint density at radius 1 is 1.24 bits per heavy atom. The monoisotopic (exact) mass is 295 g/mol. The molecular formula is C13H21N5O3. The van der Waals surface area contributed by atoms with E-state index in [0.29, 0.717) is 5.95 Å². The molecule has 0 bridgehead atoms. The molecule has 0 aromatic carbocycles. The van der Waals surface area contributed by atoms with Crippen LogP contribution in [0.1, 0.15) is 32.6 Å². The van der Waals surface area contributed by atoms with E-state index in [4.69, 9.17) is 9.84 Å². The number of aliphatic carboxylic acids is 1. The minimum Gasteiger partial charge on any atom is -0.480 e. The largest absolute Gasteiger partial charge is 0.480 e. The molecule has 1 fully saturated rings. The minimum atomic E-state index is -0.967. The van der Waals surface area contributed by atoms with Crippen molar-refractivity contribution in [3.05, 3.63) is 0 Å². The van der Waals surface area contributed by atoms with Gasteiger partial charge in [-0.05, 0) is 19.8 Å². The molecule has 2 rings (SSSR count). The molecule has 8 nitrogen and oxygen atoms in total. The third-order valence-corrected chi connectivity index (χ3v) is 3.39. The van der Waals surface area contributed by atoms with Gasteiger partial charge in [0.15, 0.2) is 0 Å². The van der Waals surface area contributed by atoms with Gasteiger partial charge in [-0.15, -0.1) is 0 Å². The number of hydrogen-bond donors (Lipinski definition) is 2. The smallest absolute Gasteiger partial charge is 0.325 e. The van der Waals surface area contributed by atoms with Gasteiger partial charge in [0.05, 0.1) is 7.11 Å². The van der Waals surface area contributed by atoms with E-state index in [1.165, 1.54) is 26.9 Å². The molecule has 0 saturated carbocycles. The van der Waals surface area contributed by atoms with Crippen molar-refractivity contribution in [1.29, 1.82) is 0 Å². The van der Waals surface area contributed by atoms with E-state index < -0.39 is 12.0 Å². The summed E-state index contributed by atoms with van der Waals surface area (Å²) in [6, 6.07) is -0.599. The van der Waals surface area contributed by atoms with Crippen molar-refractivity contribution in [2.75, 3.05) is 30.4 Å². The Morgan fingerprint density at radius 3 is 2.48 bits per heavy atom. The summed E-state index contributed by atoms with van der Waals surface area (Å²) in [5.41, 5.74) is 0. The van der Waals surface area contributed by atoms with Crippen LogP contribution in [-0.4, -0.2) is 52.3 Å². The lowest BCUT2D eigenvalue weighted by molar-refractivity contribution is -0.137. The SMILES string of the molecule is COc1nc(N[C@@H](C)C(=O)O)nc(N2CCCCCC2)n1. The predicted molar refractivity (Wildman–Crippen MR) is 77.8 cm³/mol. The second kappa shape index (κ2) is 7.05. The Kier molecular flexibility index (Phi) is 5.13. The Balaban J connectivity index is 2.21. The number of nitrogens with zero attached hydrogens (tertiary/aromatic N) is 4. The van der Waals surface area contributed by atoms with Crippen LogP contribution in [0.15, 0.2) is 0 Å². The lowest BCUT2D eigenvalue weighted by atomic mass is 10.2. The zero-order chi connectivity index (χ0) is 15.2. The molecule has 8 heteroatoms. The Hall–Kier alpha value is -2.12. The van der Waals surface area contributed by atoms with E-state index in [1.54, 1.807) is 0 Å². The van der Waals surface area contributed by atoms with Crippen molar-refractivity contribution in [3.63, 3.8) is 0 Å². The number of carbonyl (C=O) groups is 1. The van der Waals surface area contributed by atoms with Gasteiger partial charge in [0, 0.05) is 13.1 Å². The lowest BCUT2D eigenvalue weighted by Gasteiger charge is -2.21. The van der Waals surface area contributed by atoms with E-state index in [-0.39, 0.29) is 12.0 Å². The average Bonchev–Trinajstić information content (AvgIpc) is 2.75. The highest BCUT2D eigenvalue weighted by Crippen LogP contribution is 2.19. The van der Waals surface area contributed by atoms with Crippen molar-refractivity contribution in [1.82, 2.24) is 15.0 Å². The van der Waals surface area contributed by atoms with E-state index in [1.807, 2.05) is 0 Å². The first-order valence-electron chi connectivity index (χ1n) is 7.14. The third-order valence-electron chi connectivity index (χ3n) is 3.39. The average molecular weight is 295 g/mol. The summed E-state index contributed by atoms with van der Waals surface area (Å²) in [5.74, 6) is -0.217. The Morgan fingerprint density at radius 2 is 1.90 bits per heavy atom. The number of aromatic nitrogens is 3. The molecular weight excluding hydrogens is 274 g/mol. The molecule has 2 N–H and O–H groups in total. The van der Waals surface area contributed by atoms with Crippen LogP contribution in [0.4, 0.5) is 11.9 Å². The molecule has 116 valence electrons. The first-order valence-corrected chi connectivity index (χ1v) is 7.14. The highest BCUT2D eigenvalue weighted by molar-refractivity contribution is 5.75. The van der Waals surface area contributed by atoms with Crippen LogP contribution in [0.2, 0.25) is 0 Å². The number of hydrogen-bond acceptors (Lipinski definition) is 7. The van der Waals surface area contributed by atoms with E-state index in [2.05, 4.69) is 25.2 Å². The number of anilines is 2. The van der Waals surface area contributed by atoms with Gasteiger partial charge in [0.1, 0.15) is 6.04 Å².